The Hall–Kier alpha value is -0.610. The molecule has 0 saturated heterocycles. The summed E-state index contributed by atoms with van der Waals surface area (Å²) in [4.78, 5) is 0.758. The van der Waals surface area contributed by atoms with Gasteiger partial charge in [0.2, 0.25) is 0 Å². The minimum atomic E-state index is -0.796. The molecule has 0 bridgehead atoms. The van der Waals surface area contributed by atoms with Gasteiger partial charge in [-0.15, -0.1) is 11.8 Å². The van der Waals surface area contributed by atoms with Gasteiger partial charge in [0.25, 0.3) is 0 Å². The van der Waals surface area contributed by atoms with Crippen molar-refractivity contribution in [1.29, 1.82) is 0 Å². The summed E-state index contributed by atoms with van der Waals surface area (Å²) in [6.07, 6.45) is 0. The standard InChI is InChI=1S/C13H19F2NS/c1-13(2,3)12(16-4)8-17-9-5-6-10(14)11(15)7-9/h5-7,12,16H,8H2,1-4H3. The van der Waals surface area contributed by atoms with Gasteiger partial charge in [-0.05, 0) is 30.7 Å². The average Bonchev–Trinajstić information content (AvgIpc) is 2.22. The largest absolute Gasteiger partial charge is 0.316 e. The van der Waals surface area contributed by atoms with Gasteiger partial charge in [0.1, 0.15) is 0 Å². The van der Waals surface area contributed by atoms with Crippen molar-refractivity contribution in [1.82, 2.24) is 5.32 Å². The molecule has 0 spiro atoms. The number of thioether (sulfide) groups is 1. The lowest BCUT2D eigenvalue weighted by atomic mass is 9.88. The van der Waals surface area contributed by atoms with Crippen LogP contribution in [0.5, 0.6) is 0 Å². The maximum atomic E-state index is 13.0. The molecule has 1 unspecified atom stereocenters. The lowest BCUT2D eigenvalue weighted by molar-refractivity contribution is 0.305. The van der Waals surface area contributed by atoms with Crippen molar-refractivity contribution in [2.45, 2.75) is 31.7 Å². The molecule has 0 heterocycles. The second kappa shape index (κ2) is 5.83. The third kappa shape index (κ3) is 4.28. The minimum Gasteiger partial charge on any atom is -0.316 e. The van der Waals surface area contributed by atoms with Crippen LogP contribution in [0.25, 0.3) is 0 Å². The molecule has 0 amide bonds. The van der Waals surface area contributed by atoms with Crippen molar-refractivity contribution in [3.63, 3.8) is 0 Å². The van der Waals surface area contributed by atoms with Crippen molar-refractivity contribution < 1.29 is 8.78 Å². The van der Waals surface area contributed by atoms with Crippen LogP contribution in [0.4, 0.5) is 8.78 Å². The van der Waals surface area contributed by atoms with Crippen LogP contribution in [0, 0.1) is 17.0 Å². The Morgan fingerprint density at radius 2 is 1.88 bits per heavy atom. The Morgan fingerprint density at radius 1 is 1.24 bits per heavy atom. The molecule has 1 aromatic rings. The zero-order chi connectivity index (χ0) is 13.1. The predicted octanol–water partition coefficient (Wildman–Crippen LogP) is 3.69. The first-order valence-corrected chi connectivity index (χ1v) is 6.58. The Kier molecular flexibility index (Phi) is 4.95. The van der Waals surface area contributed by atoms with Crippen LogP contribution in [0.3, 0.4) is 0 Å². The lowest BCUT2D eigenvalue weighted by Crippen LogP contribution is -2.40. The molecule has 1 rings (SSSR count). The van der Waals surface area contributed by atoms with Crippen molar-refractivity contribution in [2.75, 3.05) is 12.8 Å². The van der Waals surface area contributed by atoms with E-state index < -0.39 is 11.6 Å². The summed E-state index contributed by atoms with van der Waals surface area (Å²) in [5.41, 5.74) is 0.139. The fourth-order valence-corrected chi connectivity index (χ4v) is 2.89. The van der Waals surface area contributed by atoms with E-state index in [1.165, 1.54) is 23.9 Å². The Balaban J connectivity index is 2.63. The molecule has 0 aliphatic carbocycles. The molecule has 0 saturated carbocycles. The first kappa shape index (κ1) is 14.5. The minimum absolute atomic E-state index is 0.139. The zero-order valence-corrected chi connectivity index (χ0v) is 11.5. The van der Waals surface area contributed by atoms with E-state index in [2.05, 4.69) is 26.1 Å². The van der Waals surface area contributed by atoms with E-state index in [0.29, 0.717) is 6.04 Å². The van der Waals surface area contributed by atoms with Crippen molar-refractivity contribution in [2.24, 2.45) is 5.41 Å². The Labute approximate surface area is 106 Å². The van der Waals surface area contributed by atoms with Crippen molar-refractivity contribution in [3.05, 3.63) is 29.8 Å². The molecular weight excluding hydrogens is 240 g/mol. The maximum absolute atomic E-state index is 13.0. The monoisotopic (exact) mass is 259 g/mol. The highest BCUT2D eigenvalue weighted by molar-refractivity contribution is 7.99. The lowest BCUT2D eigenvalue weighted by Gasteiger charge is -2.30. The molecule has 17 heavy (non-hydrogen) atoms. The third-order valence-corrected chi connectivity index (χ3v) is 3.79. The van der Waals surface area contributed by atoms with Gasteiger partial charge >= 0.3 is 0 Å². The van der Waals surface area contributed by atoms with Gasteiger partial charge in [-0.1, -0.05) is 20.8 Å². The fraction of sp³-hybridized carbons (Fsp3) is 0.538. The molecule has 1 aromatic carbocycles. The summed E-state index contributed by atoms with van der Waals surface area (Å²) in [6.45, 7) is 6.46. The van der Waals surface area contributed by atoms with E-state index >= 15 is 0 Å². The summed E-state index contributed by atoms with van der Waals surface area (Å²) in [7, 11) is 1.92. The van der Waals surface area contributed by atoms with Crippen LogP contribution < -0.4 is 5.32 Å². The Bertz CT molecular complexity index is 374. The molecular formula is C13H19F2NS. The maximum Gasteiger partial charge on any atom is 0.159 e. The van der Waals surface area contributed by atoms with Gasteiger partial charge < -0.3 is 5.32 Å². The van der Waals surface area contributed by atoms with Gasteiger partial charge in [0, 0.05) is 16.7 Å². The van der Waals surface area contributed by atoms with Crippen LogP contribution in [-0.4, -0.2) is 18.8 Å². The molecule has 0 aliphatic rings. The highest BCUT2D eigenvalue weighted by atomic mass is 32.2. The molecule has 0 radical (unpaired) electrons. The molecule has 0 aliphatic heterocycles. The first-order chi connectivity index (χ1) is 7.84. The van der Waals surface area contributed by atoms with Crippen LogP contribution in [0.2, 0.25) is 0 Å². The molecule has 96 valence electrons. The molecule has 1 N–H and O–H groups in total. The Morgan fingerprint density at radius 3 is 2.35 bits per heavy atom. The predicted molar refractivity (Wildman–Crippen MR) is 69.4 cm³/mol. The van der Waals surface area contributed by atoms with Gasteiger partial charge in [-0.25, -0.2) is 8.78 Å². The smallest absolute Gasteiger partial charge is 0.159 e. The summed E-state index contributed by atoms with van der Waals surface area (Å²) in [6, 6.07) is 4.34. The van der Waals surface area contributed by atoms with E-state index in [4.69, 9.17) is 0 Å². The van der Waals surface area contributed by atoms with Crippen LogP contribution >= 0.6 is 11.8 Å². The number of hydrogen-bond donors (Lipinski definition) is 1. The summed E-state index contributed by atoms with van der Waals surface area (Å²) < 4.78 is 25.8. The van der Waals surface area contributed by atoms with Gasteiger partial charge in [-0.2, -0.15) is 0 Å². The summed E-state index contributed by atoms with van der Waals surface area (Å²) in [5.74, 6) is -0.757. The topological polar surface area (TPSA) is 12.0 Å². The van der Waals surface area contributed by atoms with Gasteiger partial charge in [-0.3, -0.25) is 0 Å². The number of halogens is 2. The molecule has 0 aromatic heterocycles. The normalized spacial score (nSPS) is 13.8. The fourth-order valence-electron chi connectivity index (χ4n) is 1.51. The quantitative estimate of drug-likeness (QED) is 0.828. The molecule has 1 atom stereocenters. The van der Waals surface area contributed by atoms with E-state index in [1.54, 1.807) is 6.07 Å². The van der Waals surface area contributed by atoms with Crippen molar-refractivity contribution >= 4 is 11.8 Å². The van der Waals surface area contributed by atoms with Crippen LogP contribution in [-0.2, 0) is 0 Å². The third-order valence-electron chi connectivity index (χ3n) is 2.70. The van der Waals surface area contributed by atoms with Crippen LogP contribution in [0.15, 0.2) is 23.1 Å². The molecule has 1 nitrogen and oxygen atoms in total. The highest BCUT2D eigenvalue weighted by Crippen LogP contribution is 2.27. The van der Waals surface area contributed by atoms with E-state index in [1.807, 2.05) is 7.05 Å². The van der Waals surface area contributed by atoms with E-state index in [0.717, 1.165) is 10.6 Å². The van der Waals surface area contributed by atoms with Gasteiger partial charge in [0.15, 0.2) is 11.6 Å². The number of hydrogen-bond acceptors (Lipinski definition) is 2. The molecule has 0 fully saturated rings. The van der Waals surface area contributed by atoms with E-state index in [9.17, 15) is 8.78 Å². The average molecular weight is 259 g/mol. The van der Waals surface area contributed by atoms with Gasteiger partial charge in [0.05, 0.1) is 0 Å². The SMILES string of the molecule is CNC(CSc1ccc(F)c(F)c1)C(C)(C)C. The zero-order valence-electron chi connectivity index (χ0n) is 10.7. The van der Waals surface area contributed by atoms with Crippen molar-refractivity contribution in [3.8, 4) is 0 Å². The van der Waals surface area contributed by atoms with E-state index in [-0.39, 0.29) is 5.41 Å². The van der Waals surface area contributed by atoms with Crippen LogP contribution in [0.1, 0.15) is 20.8 Å². The second-order valence-corrected chi connectivity index (χ2v) is 6.19. The number of rotatable bonds is 4. The summed E-state index contributed by atoms with van der Waals surface area (Å²) in [5, 5.41) is 3.25. The summed E-state index contributed by atoms with van der Waals surface area (Å²) >= 11 is 1.53. The first-order valence-electron chi connectivity index (χ1n) is 5.59. The number of benzene rings is 1. The molecule has 4 heteroatoms. The highest BCUT2D eigenvalue weighted by Gasteiger charge is 2.22. The number of nitrogens with one attached hydrogen (secondary N) is 1. The second-order valence-electron chi connectivity index (χ2n) is 5.09.